The first-order valence-electron chi connectivity index (χ1n) is 7.64. The highest BCUT2D eigenvalue weighted by Crippen LogP contribution is 2.20. The molecule has 1 saturated carbocycles. The number of urea groups is 1. The number of aromatic nitrogens is 2. The van der Waals surface area contributed by atoms with Gasteiger partial charge in [-0.1, -0.05) is 19.3 Å². The third kappa shape index (κ3) is 3.01. The second-order valence-electron chi connectivity index (χ2n) is 5.85. The van der Waals surface area contributed by atoms with Gasteiger partial charge in [-0.25, -0.2) is 9.78 Å². The lowest BCUT2D eigenvalue weighted by atomic mass is 9.96. The summed E-state index contributed by atoms with van der Waals surface area (Å²) in [4.78, 5) is 16.5. The van der Waals surface area contributed by atoms with E-state index in [1.807, 2.05) is 36.7 Å². The summed E-state index contributed by atoms with van der Waals surface area (Å²) in [5.74, 6) is 0.966. The van der Waals surface area contributed by atoms with Crippen LogP contribution in [0.25, 0.3) is 11.0 Å². The number of amides is 2. The van der Waals surface area contributed by atoms with E-state index in [0.717, 1.165) is 35.4 Å². The van der Waals surface area contributed by atoms with Crippen molar-refractivity contribution < 1.29 is 4.79 Å². The number of nitrogens with zero attached hydrogens (tertiary/aromatic N) is 2. The van der Waals surface area contributed by atoms with E-state index < -0.39 is 0 Å². The fraction of sp³-hybridized carbons (Fsp3) is 0.500. The summed E-state index contributed by atoms with van der Waals surface area (Å²) >= 11 is 0. The molecule has 5 nitrogen and oxygen atoms in total. The summed E-state index contributed by atoms with van der Waals surface area (Å²) in [7, 11) is 1.99. The molecule has 0 atom stereocenters. The normalized spacial score (nSPS) is 16.1. The van der Waals surface area contributed by atoms with Crippen LogP contribution in [0.15, 0.2) is 18.2 Å². The molecule has 2 amide bonds. The van der Waals surface area contributed by atoms with Crippen LogP contribution in [0.3, 0.4) is 0 Å². The molecule has 0 bridgehead atoms. The molecule has 3 rings (SSSR count). The first kappa shape index (κ1) is 13.9. The molecular weight excluding hydrogens is 264 g/mol. The molecule has 21 heavy (non-hydrogen) atoms. The van der Waals surface area contributed by atoms with Crippen molar-refractivity contribution in [2.24, 2.45) is 7.05 Å². The SMILES string of the molecule is Cc1nc2cc(NC(=O)NC3CCCCC3)ccc2n1C. The summed E-state index contributed by atoms with van der Waals surface area (Å²) in [6.45, 7) is 1.98. The molecule has 0 radical (unpaired) electrons. The number of anilines is 1. The van der Waals surface area contributed by atoms with Crippen LogP contribution in [-0.4, -0.2) is 21.6 Å². The molecule has 1 aliphatic rings. The lowest BCUT2D eigenvalue weighted by Gasteiger charge is -2.22. The fourth-order valence-corrected chi connectivity index (χ4v) is 3.00. The number of rotatable bonds is 2. The number of hydrogen-bond donors (Lipinski definition) is 2. The summed E-state index contributed by atoms with van der Waals surface area (Å²) in [5, 5.41) is 5.97. The summed E-state index contributed by atoms with van der Waals surface area (Å²) in [6.07, 6.45) is 5.89. The van der Waals surface area contributed by atoms with Gasteiger partial charge < -0.3 is 15.2 Å². The zero-order valence-electron chi connectivity index (χ0n) is 12.6. The smallest absolute Gasteiger partial charge is 0.319 e. The van der Waals surface area contributed by atoms with Crippen LogP contribution in [-0.2, 0) is 7.05 Å². The minimum absolute atomic E-state index is 0.117. The van der Waals surface area contributed by atoms with Crippen molar-refractivity contribution in [3.8, 4) is 0 Å². The largest absolute Gasteiger partial charge is 0.335 e. The van der Waals surface area contributed by atoms with Crippen LogP contribution in [0.5, 0.6) is 0 Å². The van der Waals surface area contributed by atoms with E-state index in [1.54, 1.807) is 0 Å². The maximum Gasteiger partial charge on any atom is 0.319 e. The van der Waals surface area contributed by atoms with E-state index in [9.17, 15) is 4.79 Å². The predicted molar refractivity (Wildman–Crippen MR) is 84.5 cm³/mol. The first-order chi connectivity index (χ1) is 10.1. The maximum absolute atomic E-state index is 12.0. The van der Waals surface area contributed by atoms with E-state index in [1.165, 1.54) is 19.3 Å². The van der Waals surface area contributed by atoms with E-state index in [-0.39, 0.29) is 6.03 Å². The standard InChI is InChI=1S/C16H22N4O/c1-11-17-14-10-13(8-9-15(14)20(11)2)19-16(21)18-12-6-4-3-5-7-12/h8-10,12H,3-7H2,1-2H3,(H2,18,19,21). The van der Waals surface area contributed by atoms with Crippen molar-refractivity contribution in [3.63, 3.8) is 0 Å². The first-order valence-corrected chi connectivity index (χ1v) is 7.64. The van der Waals surface area contributed by atoms with Crippen molar-refractivity contribution in [3.05, 3.63) is 24.0 Å². The molecule has 112 valence electrons. The summed E-state index contributed by atoms with van der Waals surface area (Å²) in [5.41, 5.74) is 2.77. The lowest BCUT2D eigenvalue weighted by Crippen LogP contribution is -2.38. The Morgan fingerprint density at radius 2 is 2.05 bits per heavy atom. The van der Waals surface area contributed by atoms with Crippen LogP contribution in [0, 0.1) is 6.92 Å². The number of aryl methyl sites for hydroxylation is 2. The fourth-order valence-electron chi connectivity index (χ4n) is 3.00. The van der Waals surface area contributed by atoms with Crippen molar-refractivity contribution in [1.82, 2.24) is 14.9 Å². The van der Waals surface area contributed by atoms with Gasteiger partial charge in [0.1, 0.15) is 5.82 Å². The monoisotopic (exact) mass is 286 g/mol. The minimum Gasteiger partial charge on any atom is -0.335 e. The van der Waals surface area contributed by atoms with E-state index >= 15 is 0 Å². The second kappa shape index (κ2) is 5.76. The van der Waals surface area contributed by atoms with Gasteiger partial charge in [0.25, 0.3) is 0 Å². The molecular formula is C16H22N4O. The zero-order valence-corrected chi connectivity index (χ0v) is 12.6. The van der Waals surface area contributed by atoms with Gasteiger partial charge in [-0.15, -0.1) is 0 Å². The molecule has 1 heterocycles. The number of carbonyl (C=O) groups is 1. The van der Waals surface area contributed by atoms with Gasteiger partial charge in [0, 0.05) is 18.8 Å². The highest BCUT2D eigenvalue weighted by atomic mass is 16.2. The molecule has 0 aliphatic heterocycles. The van der Waals surface area contributed by atoms with E-state index in [0.29, 0.717) is 6.04 Å². The van der Waals surface area contributed by atoms with Crippen molar-refractivity contribution in [2.45, 2.75) is 45.1 Å². The third-order valence-electron chi connectivity index (χ3n) is 4.30. The van der Waals surface area contributed by atoms with Gasteiger partial charge in [0.2, 0.25) is 0 Å². The minimum atomic E-state index is -0.117. The Hall–Kier alpha value is -2.04. The van der Waals surface area contributed by atoms with Crippen LogP contribution in [0.4, 0.5) is 10.5 Å². The van der Waals surface area contributed by atoms with E-state index in [4.69, 9.17) is 0 Å². The zero-order chi connectivity index (χ0) is 14.8. The van der Waals surface area contributed by atoms with Crippen molar-refractivity contribution >= 4 is 22.8 Å². The Morgan fingerprint density at radius 3 is 2.81 bits per heavy atom. The Bertz CT molecular complexity index is 656. The average Bonchev–Trinajstić information content (AvgIpc) is 2.74. The van der Waals surface area contributed by atoms with Gasteiger partial charge in [-0.3, -0.25) is 0 Å². The van der Waals surface area contributed by atoms with Gasteiger partial charge in [-0.05, 0) is 38.0 Å². The van der Waals surface area contributed by atoms with Crippen molar-refractivity contribution in [1.29, 1.82) is 0 Å². The molecule has 2 aromatic rings. The molecule has 2 N–H and O–H groups in total. The van der Waals surface area contributed by atoms with Gasteiger partial charge in [0.05, 0.1) is 11.0 Å². The Balaban J connectivity index is 1.68. The second-order valence-corrected chi connectivity index (χ2v) is 5.85. The Kier molecular flexibility index (Phi) is 3.82. The molecule has 1 aromatic carbocycles. The van der Waals surface area contributed by atoms with Crippen LogP contribution >= 0.6 is 0 Å². The van der Waals surface area contributed by atoms with Crippen LogP contribution in [0.2, 0.25) is 0 Å². The predicted octanol–water partition coefficient (Wildman–Crippen LogP) is 3.34. The molecule has 1 aliphatic carbocycles. The number of carbonyl (C=O) groups excluding carboxylic acids is 1. The van der Waals surface area contributed by atoms with Gasteiger partial charge in [0.15, 0.2) is 0 Å². The highest BCUT2D eigenvalue weighted by Gasteiger charge is 2.15. The van der Waals surface area contributed by atoms with Crippen molar-refractivity contribution in [2.75, 3.05) is 5.32 Å². The molecule has 0 saturated heterocycles. The molecule has 0 spiro atoms. The number of imidazole rings is 1. The maximum atomic E-state index is 12.0. The molecule has 5 heteroatoms. The highest BCUT2D eigenvalue weighted by molar-refractivity contribution is 5.92. The Labute approximate surface area is 124 Å². The lowest BCUT2D eigenvalue weighted by molar-refractivity contribution is 0.244. The Morgan fingerprint density at radius 1 is 1.29 bits per heavy atom. The summed E-state index contributed by atoms with van der Waals surface area (Å²) < 4.78 is 2.04. The molecule has 0 unspecified atom stereocenters. The van der Waals surface area contributed by atoms with Gasteiger partial charge >= 0.3 is 6.03 Å². The van der Waals surface area contributed by atoms with E-state index in [2.05, 4.69) is 15.6 Å². The molecule has 1 aromatic heterocycles. The quantitative estimate of drug-likeness (QED) is 0.889. The molecule has 1 fully saturated rings. The average molecular weight is 286 g/mol. The van der Waals surface area contributed by atoms with Gasteiger partial charge in [-0.2, -0.15) is 0 Å². The topological polar surface area (TPSA) is 59.0 Å². The summed E-state index contributed by atoms with van der Waals surface area (Å²) in [6, 6.07) is 6.03. The van der Waals surface area contributed by atoms with Crippen LogP contribution in [0.1, 0.15) is 37.9 Å². The van der Waals surface area contributed by atoms with Crippen LogP contribution < -0.4 is 10.6 Å². The number of hydrogen-bond acceptors (Lipinski definition) is 2. The number of benzene rings is 1. The third-order valence-corrected chi connectivity index (χ3v) is 4.30. The number of nitrogens with one attached hydrogen (secondary N) is 2. The number of fused-ring (bicyclic) bond motifs is 1.